The van der Waals surface area contributed by atoms with Gasteiger partial charge in [0.05, 0.1) is 6.04 Å². The highest BCUT2D eigenvalue weighted by atomic mass is 79.9. The van der Waals surface area contributed by atoms with Crippen molar-refractivity contribution in [2.24, 2.45) is 11.7 Å². The summed E-state index contributed by atoms with van der Waals surface area (Å²) in [4.78, 5) is 23.6. The summed E-state index contributed by atoms with van der Waals surface area (Å²) in [6.45, 7) is 4.68. The van der Waals surface area contributed by atoms with Crippen LogP contribution in [0.4, 0.5) is 0 Å². The summed E-state index contributed by atoms with van der Waals surface area (Å²) in [5.74, 6) is -0.201. The fraction of sp³-hybridized carbons (Fsp3) is 0.467. The molecule has 0 fully saturated rings. The number of nitrogens with two attached hydrogens (primary N) is 1. The molecule has 0 aliphatic carbocycles. The zero-order chi connectivity index (χ0) is 15.8. The standard InChI is InChI=1S/C15H22BrN3O2.ClH/c1-3-10(2)13(17)15(21)19-9-8-18-14(20)11-4-6-12(16)7-5-11;/h4-7,10,13H,3,8-9,17H2,1-2H3,(H,18,20)(H,19,21);1H. The van der Waals surface area contributed by atoms with Crippen molar-refractivity contribution in [2.75, 3.05) is 13.1 Å². The second-order valence-corrected chi connectivity index (χ2v) is 5.88. The minimum absolute atomic E-state index is 0. The van der Waals surface area contributed by atoms with Gasteiger partial charge in [-0.25, -0.2) is 0 Å². The molecule has 0 saturated heterocycles. The van der Waals surface area contributed by atoms with Gasteiger partial charge in [0.25, 0.3) is 5.91 Å². The van der Waals surface area contributed by atoms with Crippen LogP contribution in [0.3, 0.4) is 0 Å². The van der Waals surface area contributed by atoms with Crippen molar-refractivity contribution in [1.82, 2.24) is 10.6 Å². The first-order valence-electron chi connectivity index (χ1n) is 7.02. The lowest BCUT2D eigenvalue weighted by molar-refractivity contribution is -0.123. The lowest BCUT2D eigenvalue weighted by Gasteiger charge is -2.17. The Morgan fingerprint density at radius 1 is 1.18 bits per heavy atom. The maximum absolute atomic E-state index is 11.8. The smallest absolute Gasteiger partial charge is 0.251 e. The van der Waals surface area contributed by atoms with Crippen LogP contribution in [-0.2, 0) is 4.79 Å². The van der Waals surface area contributed by atoms with Gasteiger partial charge in [0.1, 0.15) is 0 Å². The SMILES string of the molecule is CCC(C)C(N)C(=O)NCCNC(=O)c1ccc(Br)cc1.Cl. The van der Waals surface area contributed by atoms with Crippen molar-refractivity contribution in [1.29, 1.82) is 0 Å². The van der Waals surface area contributed by atoms with Crippen LogP contribution in [0.2, 0.25) is 0 Å². The number of amides is 2. The van der Waals surface area contributed by atoms with E-state index in [1.165, 1.54) is 0 Å². The van der Waals surface area contributed by atoms with E-state index in [0.717, 1.165) is 10.9 Å². The molecule has 22 heavy (non-hydrogen) atoms. The minimum atomic E-state index is -0.503. The molecule has 1 rings (SSSR count). The molecule has 4 N–H and O–H groups in total. The van der Waals surface area contributed by atoms with E-state index in [-0.39, 0.29) is 30.1 Å². The molecule has 1 aromatic rings. The van der Waals surface area contributed by atoms with E-state index in [0.29, 0.717) is 18.7 Å². The summed E-state index contributed by atoms with van der Waals surface area (Å²) < 4.78 is 0.922. The number of carbonyl (C=O) groups excluding carboxylic acids is 2. The van der Waals surface area contributed by atoms with E-state index in [1.54, 1.807) is 12.1 Å². The number of nitrogens with one attached hydrogen (secondary N) is 2. The van der Waals surface area contributed by atoms with E-state index in [4.69, 9.17) is 5.73 Å². The second kappa shape index (κ2) is 10.6. The molecule has 0 heterocycles. The number of hydrogen-bond donors (Lipinski definition) is 3. The van der Waals surface area contributed by atoms with Crippen molar-refractivity contribution < 1.29 is 9.59 Å². The first-order valence-corrected chi connectivity index (χ1v) is 7.82. The van der Waals surface area contributed by atoms with Gasteiger partial charge in [-0.2, -0.15) is 0 Å². The van der Waals surface area contributed by atoms with Crippen molar-refractivity contribution in [3.05, 3.63) is 34.3 Å². The number of halogens is 2. The van der Waals surface area contributed by atoms with Gasteiger partial charge in [-0.05, 0) is 30.2 Å². The molecule has 1 aromatic carbocycles. The number of hydrogen-bond acceptors (Lipinski definition) is 3. The number of carbonyl (C=O) groups is 2. The second-order valence-electron chi connectivity index (χ2n) is 4.97. The van der Waals surface area contributed by atoms with Gasteiger partial charge in [-0.3, -0.25) is 9.59 Å². The molecule has 0 aliphatic rings. The highest BCUT2D eigenvalue weighted by molar-refractivity contribution is 9.10. The summed E-state index contributed by atoms with van der Waals surface area (Å²) >= 11 is 3.31. The summed E-state index contributed by atoms with van der Waals surface area (Å²) in [7, 11) is 0. The van der Waals surface area contributed by atoms with Crippen LogP contribution in [-0.4, -0.2) is 30.9 Å². The monoisotopic (exact) mass is 391 g/mol. The van der Waals surface area contributed by atoms with Gasteiger partial charge in [0.15, 0.2) is 0 Å². The molecule has 0 saturated carbocycles. The largest absolute Gasteiger partial charge is 0.353 e. The van der Waals surface area contributed by atoms with Crippen LogP contribution in [0, 0.1) is 5.92 Å². The summed E-state index contributed by atoms with van der Waals surface area (Å²) in [5, 5.41) is 5.47. The average molecular weight is 393 g/mol. The van der Waals surface area contributed by atoms with E-state index in [1.807, 2.05) is 26.0 Å². The maximum atomic E-state index is 11.8. The molecule has 2 unspecified atom stereocenters. The van der Waals surface area contributed by atoms with Gasteiger partial charge < -0.3 is 16.4 Å². The van der Waals surface area contributed by atoms with Gasteiger partial charge in [0.2, 0.25) is 5.91 Å². The topological polar surface area (TPSA) is 84.2 Å². The molecule has 5 nitrogen and oxygen atoms in total. The molecular weight excluding hydrogens is 370 g/mol. The van der Waals surface area contributed by atoms with E-state index in [2.05, 4.69) is 26.6 Å². The van der Waals surface area contributed by atoms with Gasteiger partial charge in [0, 0.05) is 23.1 Å². The lowest BCUT2D eigenvalue weighted by atomic mass is 9.99. The zero-order valence-corrected chi connectivity index (χ0v) is 15.2. The van der Waals surface area contributed by atoms with E-state index in [9.17, 15) is 9.59 Å². The first kappa shape index (κ1) is 20.9. The highest BCUT2D eigenvalue weighted by Crippen LogP contribution is 2.10. The van der Waals surface area contributed by atoms with Crippen molar-refractivity contribution in [3.63, 3.8) is 0 Å². The molecule has 0 aromatic heterocycles. The Bertz CT molecular complexity index is 482. The molecule has 124 valence electrons. The van der Waals surface area contributed by atoms with Gasteiger partial charge in [-0.15, -0.1) is 12.4 Å². The summed E-state index contributed by atoms with van der Waals surface area (Å²) in [6, 6.07) is 6.58. The third-order valence-electron chi connectivity index (χ3n) is 3.38. The normalized spacial score (nSPS) is 12.7. The average Bonchev–Trinajstić information content (AvgIpc) is 2.50. The zero-order valence-electron chi connectivity index (χ0n) is 12.8. The van der Waals surface area contributed by atoms with Crippen molar-refractivity contribution >= 4 is 40.2 Å². The predicted molar refractivity (Wildman–Crippen MR) is 94.2 cm³/mol. The fourth-order valence-electron chi connectivity index (χ4n) is 1.70. The van der Waals surface area contributed by atoms with Crippen LogP contribution in [0.1, 0.15) is 30.6 Å². The third kappa shape index (κ3) is 6.77. The van der Waals surface area contributed by atoms with E-state index >= 15 is 0 Å². The maximum Gasteiger partial charge on any atom is 0.251 e. The molecule has 0 aliphatic heterocycles. The van der Waals surface area contributed by atoms with Crippen LogP contribution >= 0.6 is 28.3 Å². The van der Waals surface area contributed by atoms with Crippen LogP contribution in [0.15, 0.2) is 28.7 Å². The third-order valence-corrected chi connectivity index (χ3v) is 3.90. The van der Waals surface area contributed by atoms with Crippen LogP contribution in [0.5, 0.6) is 0 Å². The summed E-state index contributed by atoms with van der Waals surface area (Å²) in [5.41, 5.74) is 6.40. The Hall–Kier alpha value is -1.11. The van der Waals surface area contributed by atoms with Gasteiger partial charge >= 0.3 is 0 Å². The predicted octanol–water partition coefficient (Wildman–Crippen LogP) is 2.09. The Balaban J connectivity index is 0.00000441. The molecule has 0 spiro atoms. The van der Waals surface area contributed by atoms with Crippen LogP contribution in [0.25, 0.3) is 0 Å². The van der Waals surface area contributed by atoms with Crippen molar-refractivity contribution in [3.8, 4) is 0 Å². The Kier molecular flexibility index (Phi) is 10.1. The minimum Gasteiger partial charge on any atom is -0.353 e. The molecule has 0 bridgehead atoms. The fourth-order valence-corrected chi connectivity index (χ4v) is 1.96. The Morgan fingerprint density at radius 3 is 2.27 bits per heavy atom. The quantitative estimate of drug-likeness (QED) is 0.621. The van der Waals surface area contributed by atoms with Crippen LogP contribution < -0.4 is 16.4 Å². The molecule has 2 atom stereocenters. The number of benzene rings is 1. The van der Waals surface area contributed by atoms with Crippen molar-refractivity contribution in [2.45, 2.75) is 26.3 Å². The summed E-state index contributed by atoms with van der Waals surface area (Å²) in [6.07, 6.45) is 0.856. The molecular formula is C15H23BrClN3O2. The molecule has 2 amide bonds. The molecule has 0 radical (unpaired) electrons. The Labute approximate surface area is 145 Å². The highest BCUT2D eigenvalue weighted by Gasteiger charge is 2.18. The number of rotatable bonds is 7. The lowest BCUT2D eigenvalue weighted by Crippen LogP contribution is -2.46. The van der Waals surface area contributed by atoms with E-state index < -0.39 is 6.04 Å². The first-order chi connectivity index (χ1) is 9.95. The molecule has 7 heteroatoms. The van der Waals surface area contributed by atoms with Gasteiger partial charge in [-0.1, -0.05) is 36.2 Å². The Morgan fingerprint density at radius 2 is 1.73 bits per heavy atom.